The van der Waals surface area contributed by atoms with E-state index in [2.05, 4.69) is 14.9 Å². The quantitative estimate of drug-likeness (QED) is 0.525. The molecule has 0 aliphatic rings. The summed E-state index contributed by atoms with van der Waals surface area (Å²) in [5, 5.41) is 12.6. The van der Waals surface area contributed by atoms with Crippen LogP contribution in [-0.4, -0.2) is 23.1 Å². The molecule has 0 saturated heterocycles. The Hall–Kier alpha value is -3.91. The van der Waals surface area contributed by atoms with Crippen molar-refractivity contribution in [1.29, 1.82) is 5.26 Å². The fourth-order valence-electron chi connectivity index (χ4n) is 2.74. The standard InChI is InChI=1S/C18H13N5O5S/c1-11-20-17(21-28-11)10-23-15-7-6-14(8-16(15)27-18(23)24)29(25,26)22-13-4-2-12(9-19)3-5-13/h2-8,22H,10H2,1H3. The monoisotopic (exact) mass is 411 g/mol. The van der Waals surface area contributed by atoms with Crippen LogP contribution in [0.2, 0.25) is 0 Å². The molecule has 0 spiro atoms. The van der Waals surface area contributed by atoms with Crippen LogP contribution in [0.25, 0.3) is 11.1 Å². The Labute approximate surface area is 164 Å². The summed E-state index contributed by atoms with van der Waals surface area (Å²) in [6.45, 7) is 1.66. The Balaban J connectivity index is 1.66. The Morgan fingerprint density at radius 3 is 2.62 bits per heavy atom. The number of fused-ring (bicyclic) bond motifs is 1. The van der Waals surface area contributed by atoms with Crippen LogP contribution in [-0.2, 0) is 16.6 Å². The summed E-state index contributed by atoms with van der Waals surface area (Å²) in [5.74, 6) is -0.00774. The summed E-state index contributed by atoms with van der Waals surface area (Å²) >= 11 is 0. The van der Waals surface area contributed by atoms with Gasteiger partial charge in [-0.25, -0.2) is 13.2 Å². The number of hydrogen-bond donors (Lipinski definition) is 1. The zero-order valence-corrected chi connectivity index (χ0v) is 15.8. The fraction of sp³-hybridized carbons (Fsp3) is 0.111. The number of hydrogen-bond acceptors (Lipinski definition) is 8. The van der Waals surface area contributed by atoms with Crippen molar-refractivity contribution in [3.05, 3.63) is 70.3 Å². The normalized spacial score (nSPS) is 11.4. The van der Waals surface area contributed by atoms with E-state index in [0.29, 0.717) is 28.5 Å². The molecule has 2 aromatic heterocycles. The predicted molar refractivity (Wildman–Crippen MR) is 101 cm³/mol. The van der Waals surface area contributed by atoms with Gasteiger partial charge in [0.15, 0.2) is 11.4 Å². The summed E-state index contributed by atoms with van der Waals surface area (Å²) in [6.07, 6.45) is 0. The highest BCUT2D eigenvalue weighted by atomic mass is 32.2. The molecule has 11 heteroatoms. The molecule has 0 amide bonds. The first-order chi connectivity index (χ1) is 13.9. The first-order valence-corrected chi connectivity index (χ1v) is 9.79. The molecule has 0 saturated carbocycles. The van der Waals surface area contributed by atoms with Gasteiger partial charge in [-0.1, -0.05) is 5.16 Å². The molecule has 0 fully saturated rings. The molecule has 0 atom stereocenters. The molecular formula is C18H13N5O5S. The van der Waals surface area contributed by atoms with Gasteiger partial charge in [0.1, 0.15) is 0 Å². The van der Waals surface area contributed by atoms with Gasteiger partial charge < -0.3 is 8.94 Å². The molecule has 0 bridgehead atoms. The highest BCUT2D eigenvalue weighted by molar-refractivity contribution is 7.92. The van der Waals surface area contributed by atoms with E-state index in [4.69, 9.17) is 14.2 Å². The zero-order chi connectivity index (χ0) is 20.6. The second-order valence-electron chi connectivity index (χ2n) is 6.11. The highest BCUT2D eigenvalue weighted by Gasteiger charge is 2.19. The minimum absolute atomic E-state index is 0.0265. The molecule has 2 aromatic carbocycles. The van der Waals surface area contributed by atoms with Crippen molar-refractivity contribution in [2.24, 2.45) is 0 Å². The lowest BCUT2D eigenvalue weighted by Gasteiger charge is -2.08. The van der Waals surface area contributed by atoms with Crippen molar-refractivity contribution in [1.82, 2.24) is 14.7 Å². The van der Waals surface area contributed by atoms with Gasteiger partial charge >= 0.3 is 5.76 Å². The van der Waals surface area contributed by atoms with E-state index in [1.54, 1.807) is 6.92 Å². The van der Waals surface area contributed by atoms with Crippen LogP contribution in [0, 0.1) is 18.3 Å². The Bertz CT molecular complexity index is 1410. The first kappa shape index (κ1) is 18.5. The van der Waals surface area contributed by atoms with Crippen molar-refractivity contribution in [3.63, 3.8) is 0 Å². The second-order valence-corrected chi connectivity index (χ2v) is 7.79. The van der Waals surface area contributed by atoms with E-state index in [-0.39, 0.29) is 17.0 Å². The molecule has 0 aliphatic carbocycles. The summed E-state index contributed by atoms with van der Waals surface area (Å²) in [6, 6.07) is 12.0. The number of oxazole rings is 1. The lowest BCUT2D eigenvalue weighted by atomic mass is 10.2. The molecule has 29 heavy (non-hydrogen) atoms. The van der Waals surface area contributed by atoms with Gasteiger partial charge in [0.05, 0.1) is 28.6 Å². The van der Waals surface area contributed by atoms with E-state index in [1.807, 2.05) is 6.07 Å². The van der Waals surface area contributed by atoms with Crippen molar-refractivity contribution >= 4 is 26.8 Å². The second kappa shape index (κ2) is 6.92. The Kier molecular flexibility index (Phi) is 4.40. The van der Waals surface area contributed by atoms with Crippen molar-refractivity contribution in [3.8, 4) is 6.07 Å². The number of nitrogens with zero attached hydrogens (tertiary/aromatic N) is 4. The maximum atomic E-state index is 12.7. The number of sulfonamides is 1. The SMILES string of the molecule is Cc1nc(Cn2c(=O)oc3cc(S(=O)(=O)Nc4ccc(C#N)cc4)ccc32)no1. The van der Waals surface area contributed by atoms with E-state index in [9.17, 15) is 13.2 Å². The molecule has 2 heterocycles. The molecule has 0 aliphatic heterocycles. The fourth-order valence-corrected chi connectivity index (χ4v) is 3.81. The first-order valence-electron chi connectivity index (χ1n) is 8.31. The predicted octanol–water partition coefficient (Wildman–Crippen LogP) is 2.01. The van der Waals surface area contributed by atoms with Crippen LogP contribution in [0.4, 0.5) is 5.69 Å². The van der Waals surface area contributed by atoms with Crippen LogP contribution in [0.5, 0.6) is 0 Å². The van der Waals surface area contributed by atoms with Gasteiger partial charge in [0, 0.05) is 18.7 Å². The summed E-state index contributed by atoms with van der Waals surface area (Å²) in [7, 11) is -3.93. The number of aromatic nitrogens is 3. The third-order valence-electron chi connectivity index (χ3n) is 4.09. The van der Waals surface area contributed by atoms with Gasteiger partial charge in [-0.15, -0.1) is 0 Å². The molecular weight excluding hydrogens is 398 g/mol. The summed E-state index contributed by atoms with van der Waals surface area (Å²) in [5.41, 5.74) is 1.22. The highest BCUT2D eigenvalue weighted by Crippen LogP contribution is 2.22. The average Bonchev–Trinajstić information content (AvgIpc) is 3.24. The topological polar surface area (TPSA) is 144 Å². The van der Waals surface area contributed by atoms with Crippen LogP contribution in [0.1, 0.15) is 17.3 Å². The molecule has 146 valence electrons. The number of benzene rings is 2. The van der Waals surface area contributed by atoms with E-state index in [0.717, 1.165) is 0 Å². The number of nitrogens with one attached hydrogen (secondary N) is 1. The van der Waals surface area contributed by atoms with E-state index in [1.165, 1.54) is 47.0 Å². The zero-order valence-electron chi connectivity index (χ0n) is 15.0. The summed E-state index contributed by atoms with van der Waals surface area (Å²) in [4.78, 5) is 16.1. The van der Waals surface area contributed by atoms with Crippen molar-refractivity contribution in [2.75, 3.05) is 4.72 Å². The third kappa shape index (κ3) is 3.61. The van der Waals surface area contributed by atoms with E-state index < -0.39 is 15.8 Å². The lowest BCUT2D eigenvalue weighted by Crippen LogP contribution is -2.15. The number of nitriles is 1. The molecule has 1 N–H and O–H groups in total. The molecule has 4 rings (SSSR count). The molecule has 10 nitrogen and oxygen atoms in total. The van der Waals surface area contributed by atoms with E-state index >= 15 is 0 Å². The molecule has 0 unspecified atom stereocenters. The Morgan fingerprint density at radius 2 is 1.97 bits per heavy atom. The van der Waals surface area contributed by atoms with Crippen LogP contribution in [0.15, 0.2) is 61.1 Å². The van der Waals surface area contributed by atoms with Gasteiger partial charge in [-0.05, 0) is 36.4 Å². The third-order valence-corrected chi connectivity index (χ3v) is 5.46. The molecule has 4 aromatic rings. The van der Waals surface area contributed by atoms with Crippen LogP contribution in [0.3, 0.4) is 0 Å². The number of anilines is 1. The van der Waals surface area contributed by atoms with Crippen LogP contribution < -0.4 is 10.5 Å². The average molecular weight is 411 g/mol. The van der Waals surface area contributed by atoms with Gasteiger partial charge in [0.2, 0.25) is 5.89 Å². The maximum absolute atomic E-state index is 12.7. The summed E-state index contributed by atoms with van der Waals surface area (Å²) < 4.78 is 39.1. The minimum atomic E-state index is -3.93. The maximum Gasteiger partial charge on any atom is 0.420 e. The van der Waals surface area contributed by atoms with Gasteiger partial charge in [-0.3, -0.25) is 9.29 Å². The smallest absolute Gasteiger partial charge is 0.408 e. The lowest BCUT2D eigenvalue weighted by molar-refractivity contribution is 0.385. The van der Waals surface area contributed by atoms with Crippen molar-refractivity contribution < 1.29 is 17.4 Å². The largest absolute Gasteiger partial charge is 0.420 e. The Morgan fingerprint density at radius 1 is 1.21 bits per heavy atom. The van der Waals surface area contributed by atoms with Crippen molar-refractivity contribution in [2.45, 2.75) is 18.4 Å². The minimum Gasteiger partial charge on any atom is -0.408 e. The van der Waals surface area contributed by atoms with Crippen LogP contribution >= 0.6 is 0 Å². The van der Waals surface area contributed by atoms with Gasteiger partial charge in [0.25, 0.3) is 10.0 Å². The number of rotatable bonds is 5. The number of aryl methyl sites for hydroxylation is 1. The van der Waals surface area contributed by atoms with Gasteiger partial charge in [-0.2, -0.15) is 10.2 Å². The molecule has 0 radical (unpaired) electrons.